The highest BCUT2D eigenvalue weighted by atomic mass is 35.5. The summed E-state index contributed by atoms with van der Waals surface area (Å²) in [5.41, 5.74) is 0.801. The second-order valence-electron chi connectivity index (χ2n) is 4.47. The SMILES string of the molecule is COc1ccc(CC(=O)NCCNC(=O)OCCCl)cc1OC. The zero-order valence-corrected chi connectivity index (χ0v) is 13.9. The van der Waals surface area contributed by atoms with Gasteiger partial charge in [0, 0.05) is 13.1 Å². The highest BCUT2D eigenvalue weighted by molar-refractivity contribution is 6.18. The van der Waals surface area contributed by atoms with E-state index < -0.39 is 6.09 Å². The van der Waals surface area contributed by atoms with Crippen LogP contribution >= 0.6 is 11.6 Å². The molecular formula is C15H21ClN2O5. The third kappa shape index (κ3) is 7.10. The van der Waals surface area contributed by atoms with E-state index in [1.165, 1.54) is 7.11 Å². The molecule has 2 N–H and O–H groups in total. The maximum atomic E-state index is 11.8. The fraction of sp³-hybridized carbons (Fsp3) is 0.467. The van der Waals surface area contributed by atoms with E-state index in [9.17, 15) is 9.59 Å². The number of benzene rings is 1. The van der Waals surface area contributed by atoms with Gasteiger partial charge in [0.1, 0.15) is 6.61 Å². The van der Waals surface area contributed by atoms with Gasteiger partial charge in [-0.2, -0.15) is 0 Å². The molecule has 0 unspecified atom stereocenters. The van der Waals surface area contributed by atoms with E-state index in [1.54, 1.807) is 25.3 Å². The second kappa shape index (κ2) is 10.6. The third-order valence-corrected chi connectivity index (χ3v) is 2.99. The minimum Gasteiger partial charge on any atom is -0.493 e. The van der Waals surface area contributed by atoms with E-state index >= 15 is 0 Å². The van der Waals surface area contributed by atoms with Crippen molar-refractivity contribution in [3.63, 3.8) is 0 Å². The molecule has 128 valence electrons. The average molecular weight is 345 g/mol. The molecule has 0 saturated carbocycles. The number of methoxy groups -OCH3 is 2. The van der Waals surface area contributed by atoms with Crippen LogP contribution in [-0.4, -0.2) is 51.8 Å². The average Bonchev–Trinajstić information content (AvgIpc) is 2.56. The molecule has 0 heterocycles. The van der Waals surface area contributed by atoms with Gasteiger partial charge in [-0.3, -0.25) is 4.79 Å². The van der Waals surface area contributed by atoms with Gasteiger partial charge >= 0.3 is 6.09 Å². The van der Waals surface area contributed by atoms with Crippen LogP contribution in [-0.2, 0) is 16.0 Å². The topological polar surface area (TPSA) is 85.9 Å². The Labute approximate surface area is 140 Å². The summed E-state index contributed by atoms with van der Waals surface area (Å²) < 4.78 is 15.0. The lowest BCUT2D eigenvalue weighted by Crippen LogP contribution is -2.35. The van der Waals surface area contributed by atoms with Crippen molar-refractivity contribution in [3.8, 4) is 11.5 Å². The van der Waals surface area contributed by atoms with Gasteiger partial charge in [-0.25, -0.2) is 4.79 Å². The van der Waals surface area contributed by atoms with Crippen molar-refractivity contribution in [2.24, 2.45) is 0 Å². The Balaban J connectivity index is 2.32. The molecule has 0 aliphatic rings. The monoisotopic (exact) mass is 344 g/mol. The summed E-state index contributed by atoms with van der Waals surface area (Å²) in [5.74, 6) is 1.26. The summed E-state index contributed by atoms with van der Waals surface area (Å²) >= 11 is 5.39. The molecule has 1 aromatic rings. The first-order valence-corrected chi connectivity index (χ1v) is 7.58. The van der Waals surface area contributed by atoms with E-state index in [2.05, 4.69) is 10.6 Å². The first-order chi connectivity index (χ1) is 11.1. The predicted molar refractivity (Wildman–Crippen MR) is 86.3 cm³/mol. The number of nitrogens with one attached hydrogen (secondary N) is 2. The number of ether oxygens (including phenoxy) is 3. The Bertz CT molecular complexity index is 525. The molecular weight excluding hydrogens is 324 g/mol. The Hall–Kier alpha value is -2.15. The minimum absolute atomic E-state index is 0.152. The molecule has 2 amide bonds. The molecule has 1 aromatic carbocycles. The smallest absolute Gasteiger partial charge is 0.407 e. The van der Waals surface area contributed by atoms with Crippen molar-refractivity contribution >= 4 is 23.6 Å². The highest BCUT2D eigenvalue weighted by Crippen LogP contribution is 2.27. The van der Waals surface area contributed by atoms with Gasteiger partial charge in [-0.1, -0.05) is 6.07 Å². The lowest BCUT2D eigenvalue weighted by molar-refractivity contribution is -0.120. The van der Waals surface area contributed by atoms with E-state index in [1.807, 2.05) is 0 Å². The Morgan fingerprint density at radius 3 is 2.43 bits per heavy atom. The number of halogens is 1. The highest BCUT2D eigenvalue weighted by Gasteiger charge is 2.08. The fourth-order valence-corrected chi connectivity index (χ4v) is 1.86. The number of amides is 2. The van der Waals surface area contributed by atoms with Crippen molar-refractivity contribution in [1.82, 2.24) is 10.6 Å². The summed E-state index contributed by atoms with van der Waals surface area (Å²) in [6.45, 7) is 0.736. The summed E-state index contributed by atoms with van der Waals surface area (Å²) in [7, 11) is 3.09. The van der Waals surface area contributed by atoms with Gasteiger partial charge in [0.05, 0.1) is 26.5 Å². The molecule has 0 aliphatic heterocycles. The molecule has 0 aromatic heterocycles. The van der Waals surface area contributed by atoms with Crippen LogP contribution in [0.1, 0.15) is 5.56 Å². The van der Waals surface area contributed by atoms with Crippen LogP contribution in [0.4, 0.5) is 4.79 Å². The molecule has 1 rings (SSSR count). The van der Waals surface area contributed by atoms with Crippen LogP contribution in [0, 0.1) is 0 Å². The first kappa shape index (κ1) is 18.9. The summed E-state index contributed by atoms with van der Waals surface area (Å²) in [6.07, 6.45) is -0.350. The van der Waals surface area contributed by atoms with E-state index in [0.717, 1.165) is 5.56 Å². The van der Waals surface area contributed by atoms with Crippen LogP contribution in [0.15, 0.2) is 18.2 Å². The predicted octanol–water partition coefficient (Wildman–Crippen LogP) is 1.33. The number of rotatable bonds is 9. The van der Waals surface area contributed by atoms with Gasteiger partial charge in [0.15, 0.2) is 11.5 Å². The molecule has 23 heavy (non-hydrogen) atoms. The van der Waals surface area contributed by atoms with Crippen molar-refractivity contribution in [3.05, 3.63) is 23.8 Å². The number of hydrogen-bond acceptors (Lipinski definition) is 5. The van der Waals surface area contributed by atoms with Crippen molar-refractivity contribution in [2.45, 2.75) is 6.42 Å². The van der Waals surface area contributed by atoms with Gasteiger partial charge in [0.25, 0.3) is 0 Å². The zero-order valence-electron chi connectivity index (χ0n) is 13.2. The van der Waals surface area contributed by atoms with Gasteiger partial charge in [-0.15, -0.1) is 11.6 Å². The molecule has 0 radical (unpaired) electrons. The Kier molecular flexibility index (Phi) is 8.67. The number of alkyl halides is 1. The molecule has 0 atom stereocenters. The van der Waals surface area contributed by atoms with Gasteiger partial charge in [-0.05, 0) is 17.7 Å². The van der Waals surface area contributed by atoms with E-state index in [0.29, 0.717) is 18.0 Å². The van der Waals surface area contributed by atoms with Crippen LogP contribution < -0.4 is 20.1 Å². The molecule has 0 bridgehead atoms. The molecule has 8 heteroatoms. The van der Waals surface area contributed by atoms with Gasteiger partial charge in [0.2, 0.25) is 5.91 Å². The molecule has 0 aliphatic carbocycles. The minimum atomic E-state index is -0.556. The Morgan fingerprint density at radius 2 is 1.78 bits per heavy atom. The molecule has 0 saturated heterocycles. The van der Waals surface area contributed by atoms with E-state index in [-0.39, 0.29) is 31.4 Å². The lowest BCUT2D eigenvalue weighted by Gasteiger charge is -2.10. The second-order valence-corrected chi connectivity index (χ2v) is 4.85. The summed E-state index contributed by atoms with van der Waals surface area (Å²) in [6, 6.07) is 5.29. The number of carbonyl (C=O) groups excluding carboxylic acids is 2. The zero-order chi connectivity index (χ0) is 17.1. The standard InChI is InChI=1S/C15H21ClN2O5/c1-21-12-4-3-11(9-13(12)22-2)10-14(19)17-6-7-18-15(20)23-8-5-16/h3-4,9H,5-8,10H2,1-2H3,(H,17,19)(H,18,20). The van der Waals surface area contributed by atoms with E-state index in [4.69, 9.17) is 25.8 Å². The van der Waals surface area contributed by atoms with Crippen LogP contribution in [0.5, 0.6) is 11.5 Å². The third-order valence-electron chi connectivity index (χ3n) is 2.84. The van der Waals surface area contributed by atoms with Crippen molar-refractivity contribution < 1.29 is 23.8 Å². The number of alkyl carbamates (subject to hydrolysis) is 1. The molecule has 7 nitrogen and oxygen atoms in total. The molecule has 0 spiro atoms. The lowest BCUT2D eigenvalue weighted by atomic mass is 10.1. The maximum absolute atomic E-state index is 11.8. The molecule has 0 fully saturated rings. The van der Waals surface area contributed by atoms with Crippen molar-refractivity contribution in [2.75, 3.05) is 39.8 Å². The fourth-order valence-electron chi connectivity index (χ4n) is 1.79. The maximum Gasteiger partial charge on any atom is 0.407 e. The van der Waals surface area contributed by atoms with Crippen LogP contribution in [0.25, 0.3) is 0 Å². The number of hydrogen-bond donors (Lipinski definition) is 2. The first-order valence-electron chi connectivity index (χ1n) is 7.05. The quantitative estimate of drug-likeness (QED) is 0.521. The summed E-state index contributed by atoms with van der Waals surface area (Å²) in [5, 5.41) is 5.20. The summed E-state index contributed by atoms with van der Waals surface area (Å²) in [4.78, 5) is 23.0. The van der Waals surface area contributed by atoms with Crippen LogP contribution in [0.2, 0.25) is 0 Å². The van der Waals surface area contributed by atoms with Crippen LogP contribution in [0.3, 0.4) is 0 Å². The Morgan fingerprint density at radius 1 is 1.09 bits per heavy atom. The number of carbonyl (C=O) groups is 2. The normalized spacial score (nSPS) is 9.87. The van der Waals surface area contributed by atoms with Crippen molar-refractivity contribution in [1.29, 1.82) is 0 Å². The van der Waals surface area contributed by atoms with Gasteiger partial charge < -0.3 is 24.8 Å². The largest absolute Gasteiger partial charge is 0.493 e.